The second-order valence-corrected chi connectivity index (χ2v) is 3.73. The van der Waals surface area contributed by atoms with Crippen molar-refractivity contribution in [3.8, 4) is 0 Å². The summed E-state index contributed by atoms with van der Waals surface area (Å²) >= 11 is 1.73. The first-order valence-corrected chi connectivity index (χ1v) is 4.51. The number of aliphatic carboxylic acids is 1. The van der Waals surface area contributed by atoms with Gasteiger partial charge >= 0.3 is 5.97 Å². The van der Waals surface area contributed by atoms with Crippen molar-refractivity contribution in [3.05, 3.63) is 0 Å². The minimum absolute atomic E-state index is 0. The number of nitrogens with two attached hydrogens (primary N) is 1. The predicted octanol–water partition coefficient (Wildman–Crippen LogP) is -3.86. The molecule has 1 aliphatic heterocycles. The second-order valence-electron chi connectivity index (χ2n) is 2.65. The van der Waals surface area contributed by atoms with E-state index in [1.165, 1.54) is 0 Å². The maximum Gasteiger partial charge on any atom is 0.363 e. The molecular formula is C6H12ClNO2S. The van der Waals surface area contributed by atoms with Crippen molar-refractivity contribution in [1.29, 1.82) is 0 Å². The number of halogens is 1. The van der Waals surface area contributed by atoms with Crippen molar-refractivity contribution in [1.82, 2.24) is 0 Å². The van der Waals surface area contributed by atoms with Crippen LogP contribution in [0.4, 0.5) is 0 Å². The Morgan fingerprint density at radius 2 is 2.27 bits per heavy atom. The number of quaternary nitrogens is 1. The van der Waals surface area contributed by atoms with Gasteiger partial charge in [-0.1, -0.05) is 0 Å². The molecular weight excluding hydrogens is 186 g/mol. The van der Waals surface area contributed by atoms with Crippen LogP contribution in [-0.4, -0.2) is 34.7 Å². The van der Waals surface area contributed by atoms with Crippen LogP contribution >= 0.6 is 11.8 Å². The fourth-order valence-corrected chi connectivity index (χ4v) is 2.17. The molecule has 2 unspecified atom stereocenters. The topological polar surface area (TPSA) is 53.9 Å². The molecule has 0 saturated carbocycles. The van der Waals surface area contributed by atoms with E-state index in [0.29, 0.717) is 6.04 Å². The summed E-state index contributed by atoms with van der Waals surface area (Å²) in [6.45, 7) is 2.06. The molecule has 3 nitrogen and oxygen atoms in total. The minimum Gasteiger partial charge on any atom is -1.00 e. The normalized spacial score (nSPS) is 30.6. The largest absolute Gasteiger partial charge is 1.00 e. The Kier molecular flexibility index (Phi) is 4.88. The summed E-state index contributed by atoms with van der Waals surface area (Å²) in [6.07, 6.45) is 0. The van der Waals surface area contributed by atoms with Crippen molar-refractivity contribution in [3.63, 3.8) is 0 Å². The highest BCUT2D eigenvalue weighted by atomic mass is 35.5. The zero-order chi connectivity index (χ0) is 7.56. The molecule has 5 heteroatoms. The van der Waals surface area contributed by atoms with Gasteiger partial charge < -0.3 is 22.8 Å². The summed E-state index contributed by atoms with van der Waals surface area (Å²) in [6, 6.07) is 0.244. The third kappa shape index (κ3) is 3.31. The summed E-state index contributed by atoms with van der Waals surface area (Å²) in [5.41, 5.74) is 0. The molecule has 0 spiro atoms. The molecule has 3 N–H and O–H groups in total. The lowest BCUT2D eigenvalue weighted by Crippen LogP contribution is -3.00. The maximum atomic E-state index is 10.5. The van der Waals surface area contributed by atoms with Crippen LogP contribution in [0.25, 0.3) is 0 Å². The van der Waals surface area contributed by atoms with Gasteiger partial charge in [0.2, 0.25) is 0 Å². The van der Waals surface area contributed by atoms with Gasteiger partial charge in [0.1, 0.15) is 0 Å². The maximum absolute atomic E-state index is 10.5. The van der Waals surface area contributed by atoms with Crippen LogP contribution in [-0.2, 0) is 4.79 Å². The molecule has 0 aromatic rings. The molecule has 0 aliphatic carbocycles. The van der Waals surface area contributed by atoms with Crippen LogP contribution < -0.4 is 17.7 Å². The monoisotopic (exact) mass is 197 g/mol. The van der Waals surface area contributed by atoms with E-state index < -0.39 is 5.97 Å². The lowest BCUT2D eigenvalue weighted by atomic mass is 10.3. The Balaban J connectivity index is 0.000001000. The number of rotatable bonds is 1. The van der Waals surface area contributed by atoms with Crippen LogP contribution in [0.1, 0.15) is 6.92 Å². The van der Waals surface area contributed by atoms with Gasteiger partial charge in [-0.05, 0) is 6.92 Å². The van der Waals surface area contributed by atoms with Crippen molar-refractivity contribution < 1.29 is 27.6 Å². The summed E-state index contributed by atoms with van der Waals surface area (Å²) < 4.78 is 0. The average molecular weight is 198 g/mol. The third-order valence-electron chi connectivity index (χ3n) is 1.56. The molecule has 11 heavy (non-hydrogen) atoms. The smallest absolute Gasteiger partial charge is 0.363 e. The lowest BCUT2D eigenvalue weighted by molar-refractivity contribution is -0.701. The van der Waals surface area contributed by atoms with Gasteiger partial charge in [-0.3, -0.25) is 0 Å². The zero-order valence-corrected chi connectivity index (χ0v) is 7.86. The highest BCUT2D eigenvalue weighted by molar-refractivity contribution is 7.99. The molecule has 1 rings (SSSR count). The van der Waals surface area contributed by atoms with E-state index in [-0.39, 0.29) is 18.4 Å². The number of carbonyl (C=O) groups is 1. The first-order valence-electron chi connectivity index (χ1n) is 3.35. The van der Waals surface area contributed by atoms with E-state index >= 15 is 0 Å². The number of hydrogen-bond acceptors (Lipinski definition) is 2. The summed E-state index contributed by atoms with van der Waals surface area (Å²) in [5, 5.41) is 10.5. The molecule has 0 amide bonds. The molecule has 1 aliphatic rings. The van der Waals surface area contributed by atoms with Crippen LogP contribution in [0.15, 0.2) is 0 Å². The zero-order valence-electron chi connectivity index (χ0n) is 6.29. The Morgan fingerprint density at radius 3 is 2.64 bits per heavy atom. The van der Waals surface area contributed by atoms with E-state index in [1.807, 2.05) is 5.32 Å². The molecule has 0 bridgehead atoms. The van der Waals surface area contributed by atoms with Crippen molar-refractivity contribution in [2.45, 2.75) is 19.0 Å². The van der Waals surface area contributed by atoms with E-state index in [1.54, 1.807) is 11.8 Å². The fourth-order valence-electron chi connectivity index (χ4n) is 1.04. The standard InChI is InChI=1S/C6H11NO2S.ClH/c1-4-2-10-3-5(7-4)6(8)9;/h4-5,7H,2-3H2,1H3,(H,8,9);1H. The van der Waals surface area contributed by atoms with Crippen LogP contribution in [0.2, 0.25) is 0 Å². The highest BCUT2D eigenvalue weighted by Gasteiger charge is 2.27. The molecule has 1 fully saturated rings. The molecule has 1 heterocycles. The first-order chi connectivity index (χ1) is 4.70. The second kappa shape index (κ2) is 4.85. The van der Waals surface area contributed by atoms with Crippen LogP contribution in [0, 0.1) is 0 Å². The lowest BCUT2D eigenvalue weighted by Gasteiger charge is -2.21. The van der Waals surface area contributed by atoms with E-state index in [2.05, 4.69) is 6.92 Å². The Hall–Kier alpha value is 0.0700. The highest BCUT2D eigenvalue weighted by Crippen LogP contribution is 2.06. The van der Waals surface area contributed by atoms with Gasteiger partial charge in [0.05, 0.1) is 11.8 Å². The number of hydrogen-bond donors (Lipinski definition) is 2. The SMILES string of the molecule is CC1CSCC(C(=O)O)[NH2+]1.[Cl-]. The van der Waals surface area contributed by atoms with Crippen LogP contribution in [0.3, 0.4) is 0 Å². The van der Waals surface area contributed by atoms with Crippen molar-refractivity contribution >= 4 is 17.7 Å². The number of carboxylic acids is 1. The van der Waals surface area contributed by atoms with E-state index in [0.717, 1.165) is 11.5 Å². The van der Waals surface area contributed by atoms with Gasteiger partial charge in [0.15, 0.2) is 6.04 Å². The van der Waals surface area contributed by atoms with E-state index in [9.17, 15) is 4.79 Å². The van der Waals surface area contributed by atoms with Crippen LogP contribution in [0.5, 0.6) is 0 Å². The third-order valence-corrected chi connectivity index (χ3v) is 2.91. The molecule has 2 atom stereocenters. The molecule has 0 aromatic carbocycles. The average Bonchev–Trinajstić information content (AvgIpc) is 1.88. The quantitative estimate of drug-likeness (QED) is 0.453. The van der Waals surface area contributed by atoms with Gasteiger partial charge in [-0.15, -0.1) is 11.8 Å². The summed E-state index contributed by atoms with van der Waals surface area (Å²) in [7, 11) is 0. The van der Waals surface area contributed by atoms with Gasteiger partial charge in [-0.2, -0.15) is 0 Å². The first kappa shape index (κ1) is 11.1. The molecule has 1 saturated heterocycles. The summed E-state index contributed by atoms with van der Waals surface area (Å²) in [4.78, 5) is 10.5. The van der Waals surface area contributed by atoms with Gasteiger partial charge in [0, 0.05) is 5.75 Å². The minimum atomic E-state index is -0.681. The molecule has 0 aromatic heterocycles. The fraction of sp³-hybridized carbons (Fsp3) is 0.833. The Bertz CT molecular complexity index is 145. The number of carboxylic acid groups (broad SMARTS) is 1. The van der Waals surface area contributed by atoms with Crippen molar-refractivity contribution in [2.75, 3.05) is 11.5 Å². The van der Waals surface area contributed by atoms with Gasteiger partial charge in [-0.25, -0.2) is 4.79 Å². The van der Waals surface area contributed by atoms with Crippen molar-refractivity contribution in [2.24, 2.45) is 0 Å². The summed E-state index contributed by atoms with van der Waals surface area (Å²) in [5.74, 6) is 1.14. The van der Waals surface area contributed by atoms with Gasteiger partial charge in [0.25, 0.3) is 0 Å². The number of thioether (sulfide) groups is 1. The Morgan fingerprint density at radius 1 is 1.64 bits per heavy atom. The Labute approximate surface area is 76.3 Å². The predicted molar refractivity (Wildman–Crippen MR) is 40.1 cm³/mol. The molecule has 0 radical (unpaired) electrons. The van der Waals surface area contributed by atoms with E-state index in [4.69, 9.17) is 5.11 Å². The molecule has 66 valence electrons.